The maximum absolute atomic E-state index is 13.5. The fraction of sp³-hybridized carbons (Fsp3) is 0.738. The van der Waals surface area contributed by atoms with Gasteiger partial charge in [0.2, 0.25) is 5.91 Å². The van der Waals surface area contributed by atoms with E-state index in [2.05, 4.69) is 99.0 Å². The van der Waals surface area contributed by atoms with Gasteiger partial charge in [-0.1, -0.05) is 222 Å². The van der Waals surface area contributed by atoms with Crippen LogP contribution in [0.1, 0.15) is 239 Å². The van der Waals surface area contributed by atoms with Gasteiger partial charge in [0.15, 0.2) is 0 Å². The Labute approximate surface area is 437 Å². The molecule has 0 rings (SSSR count). The summed E-state index contributed by atoms with van der Waals surface area (Å²) in [5.41, 5.74) is 0. The Balaban J connectivity index is 5.33. The van der Waals surface area contributed by atoms with Crippen LogP contribution in [0, 0.1) is 0 Å². The summed E-state index contributed by atoms with van der Waals surface area (Å²) in [7, 11) is 1.47. The van der Waals surface area contributed by atoms with Crippen molar-refractivity contribution in [1.82, 2.24) is 5.32 Å². The normalized spacial score (nSPS) is 14.4. The summed E-state index contributed by atoms with van der Waals surface area (Å²) in [5, 5.41) is 3.04. The van der Waals surface area contributed by atoms with Gasteiger partial charge in [0, 0.05) is 12.8 Å². The van der Waals surface area contributed by atoms with Crippen molar-refractivity contribution in [2.45, 2.75) is 251 Å². The van der Waals surface area contributed by atoms with Gasteiger partial charge in [-0.15, -0.1) is 0 Å². The van der Waals surface area contributed by atoms with E-state index in [9.17, 15) is 19.0 Å². The van der Waals surface area contributed by atoms with E-state index in [1.54, 1.807) is 0 Å². The number of esters is 1. The smallest absolute Gasteiger partial charge is 0.456 e. The van der Waals surface area contributed by atoms with Gasteiger partial charge in [0.05, 0.1) is 33.8 Å². The first-order valence-corrected chi connectivity index (χ1v) is 30.4. The highest BCUT2D eigenvalue weighted by molar-refractivity contribution is 7.47. The van der Waals surface area contributed by atoms with Gasteiger partial charge in [-0.2, -0.15) is 0 Å². The number of phosphoric ester groups is 1. The number of quaternary nitrogens is 1. The molecule has 0 aromatic rings. The van der Waals surface area contributed by atoms with Crippen molar-refractivity contribution in [2.24, 2.45) is 0 Å². The minimum absolute atomic E-state index is 0.0316. The van der Waals surface area contributed by atoms with Crippen molar-refractivity contribution in [1.29, 1.82) is 0 Å². The second-order valence-electron chi connectivity index (χ2n) is 20.5. The molecule has 2 N–H and O–H groups in total. The van der Waals surface area contributed by atoms with E-state index in [0.29, 0.717) is 17.4 Å². The van der Waals surface area contributed by atoms with Gasteiger partial charge in [-0.05, 0) is 89.5 Å². The first kappa shape index (κ1) is 68.2. The minimum Gasteiger partial charge on any atom is -0.456 e. The molecule has 0 spiro atoms. The lowest BCUT2D eigenvalue weighted by molar-refractivity contribution is -0.870. The largest absolute Gasteiger partial charge is 0.472 e. The molecular formula is C61H110N2O7P+. The van der Waals surface area contributed by atoms with E-state index in [1.807, 2.05) is 33.3 Å². The van der Waals surface area contributed by atoms with Gasteiger partial charge < -0.3 is 19.4 Å². The SMILES string of the molecule is CC/C=C/C=C/C=C/CCCCCCCCCC(=O)NC(COP(=O)(O)OCC[N+](C)(C)C)C(/C=C/CCCCCCCCCCC)OC(=O)CCCCCCCC/C=C\C/C=C\C/C=C\CCCCC. The van der Waals surface area contributed by atoms with Gasteiger partial charge in [-0.25, -0.2) is 4.57 Å². The van der Waals surface area contributed by atoms with Crippen LogP contribution in [0.2, 0.25) is 0 Å². The molecule has 0 aliphatic heterocycles. The molecule has 0 aromatic heterocycles. The van der Waals surface area contributed by atoms with Crippen molar-refractivity contribution in [3.63, 3.8) is 0 Å². The predicted octanol–water partition coefficient (Wildman–Crippen LogP) is 17.4. The lowest BCUT2D eigenvalue weighted by Gasteiger charge is -2.27. The molecule has 0 aliphatic rings. The van der Waals surface area contributed by atoms with Crippen molar-refractivity contribution in [2.75, 3.05) is 40.9 Å². The number of hydrogen-bond donors (Lipinski definition) is 2. The van der Waals surface area contributed by atoms with Crippen LogP contribution in [-0.4, -0.2) is 74.3 Å². The number of allylic oxidation sites excluding steroid dienone is 13. The number of hydrogen-bond acceptors (Lipinski definition) is 6. The second kappa shape index (κ2) is 50.7. The van der Waals surface area contributed by atoms with Crippen molar-refractivity contribution >= 4 is 19.7 Å². The third-order valence-electron chi connectivity index (χ3n) is 12.4. The average molecular weight is 1010 g/mol. The Morgan fingerprint density at radius 1 is 0.521 bits per heavy atom. The molecule has 0 radical (unpaired) electrons. The first-order chi connectivity index (χ1) is 34.4. The molecule has 9 nitrogen and oxygen atoms in total. The van der Waals surface area contributed by atoms with Gasteiger partial charge in [-0.3, -0.25) is 18.6 Å². The Morgan fingerprint density at radius 2 is 0.958 bits per heavy atom. The summed E-state index contributed by atoms with van der Waals surface area (Å²) in [6, 6.07) is -0.863. The molecule has 1 amide bonds. The number of amides is 1. The maximum Gasteiger partial charge on any atom is 0.472 e. The fourth-order valence-corrected chi connectivity index (χ4v) is 8.62. The van der Waals surface area contributed by atoms with Crippen molar-refractivity contribution < 1.29 is 37.3 Å². The number of phosphoric acid groups is 1. The Hall–Kier alpha value is -2.81. The van der Waals surface area contributed by atoms with Crippen LogP contribution in [0.3, 0.4) is 0 Å². The highest BCUT2D eigenvalue weighted by Crippen LogP contribution is 2.43. The highest BCUT2D eigenvalue weighted by Gasteiger charge is 2.30. The van der Waals surface area contributed by atoms with E-state index in [-0.39, 0.29) is 31.5 Å². The maximum atomic E-state index is 13.5. The quantitative estimate of drug-likeness (QED) is 0.0156. The zero-order chi connectivity index (χ0) is 52.2. The summed E-state index contributed by atoms with van der Waals surface area (Å²) in [6.45, 7) is 6.82. The molecule has 10 heteroatoms. The number of rotatable bonds is 51. The van der Waals surface area contributed by atoms with Crippen LogP contribution < -0.4 is 5.32 Å². The molecule has 0 fully saturated rings. The van der Waals surface area contributed by atoms with E-state index in [4.69, 9.17) is 13.8 Å². The molecule has 0 heterocycles. The lowest BCUT2D eigenvalue weighted by atomic mass is 10.1. The molecule has 0 saturated heterocycles. The Morgan fingerprint density at radius 3 is 1.49 bits per heavy atom. The molecule has 3 atom stereocenters. The van der Waals surface area contributed by atoms with E-state index in [0.717, 1.165) is 103 Å². The molecule has 71 heavy (non-hydrogen) atoms. The van der Waals surface area contributed by atoms with Gasteiger partial charge in [0.1, 0.15) is 19.3 Å². The van der Waals surface area contributed by atoms with Crippen LogP contribution >= 0.6 is 7.82 Å². The predicted molar refractivity (Wildman–Crippen MR) is 304 cm³/mol. The van der Waals surface area contributed by atoms with Crippen LogP contribution in [0.5, 0.6) is 0 Å². The lowest BCUT2D eigenvalue weighted by Crippen LogP contribution is -2.47. The second-order valence-corrected chi connectivity index (χ2v) is 21.9. The molecule has 0 aliphatic carbocycles. The molecule has 0 bridgehead atoms. The van der Waals surface area contributed by atoms with E-state index in [1.165, 1.54) is 103 Å². The van der Waals surface area contributed by atoms with Crippen LogP contribution in [-0.2, 0) is 27.9 Å². The number of nitrogens with zero attached hydrogens (tertiary/aromatic N) is 1. The van der Waals surface area contributed by atoms with Gasteiger partial charge in [0.25, 0.3) is 0 Å². The zero-order valence-electron chi connectivity index (χ0n) is 46.7. The Kier molecular flexibility index (Phi) is 48.7. The van der Waals surface area contributed by atoms with Crippen molar-refractivity contribution in [3.8, 4) is 0 Å². The number of ether oxygens (including phenoxy) is 1. The van der Waals surface area contributed by atoms with E-state index < -0.39 is 20.0 Å². The van der Waals surface area contributed by atoms with Crippen molar-refractivity contribution in [3.05, 3.63) is 85.1 Å². The third-order valence-corrected chi connectivity index (χ3v) is 13.4. The number of likely N-dealkylation sites (N-methyl/N-ethyl adjacent to an activating group) is 1. The number of carbonyl (C=O) groups is 2. The minimum atomic E-state index is -4.45. The number of nitrogens with one attached hydrogen (secondary N) is 1. The summed E-state index contributed by atoms with van der Waals surface area (Å²) in [5.74, 6) is -0.538. The summed E-state index contributed by atoms with van der Waals surface area (Å²) in [4.78, 5) is 37.6. The molecule has 410 valence electrons. The summed E-state index contributed by atoms with van der Waals surface area (Å²) >= 11 is 0. The van der Waals surface area contributed by atoms with Crippen LogP contribution in [0.25, 0.3) is 0 Å². The Bertz CT molecular complexity index is 1490. The summed E-state index contributed by atoms with van der Waals surface area (Å²) in [6.07, 6.45) is 65.7. The zero-order valence-corrected chi connectivity index (χ0v) is 47.6. The molecule has 0 saturated carbocycles. The first-order valence-electron chi connectivity index (χ1n) is 28.9. The number of unbranched alkanes of at least 4 members (excludes halogenated alkanes) is 25. The van der Waals surface area contributed by atoms with E-state index >= 15 is 0 Å². The highest BCUT2D eigenvalue weighted by atomic mass is 31.2. The average Bonchev–Trinajstić information content (AvgIpc) is 3.33. The fourth-order valence-electron chi connectivity index (χ4n) is 7.89. The molecule has 3 unspecified atom stereocenters. The topological polar surface area (TPSA) is 111 Å². The summed E-state index contributed by atoms with van der Waals surface area (Å²) < 4.78 is 30.6. The standard InChI is InChI=1S/C61H109N2O7P/c1-7-10-13-16-19-22-25-27-29-30-31-32-34-36-39-42-45-48-51-54-61(65)70-59(52-49-46-43-40-37-24-21-18-15-12-9-3)58(57-69-71(66,67)68-56-55-63(4,5)6)62-60(64)53-50-47-44-41-38-35-33-28-26-23-20-17-14-11-8-2/h11,14,17,19-20,22-23,26-27,29,31-32,49,52,58-59H,7-10,12-13,15-16,18,21,24-25,28,30,33-48,50-51,53-57H2,1-6H3,(H-,62,64,66,67)/p+1/b14-11+,20-17+,22-19-,26-23+,29-27-,32-31-,52-49+. The monoisotopic (exact) mass is 1010 g/mol. The molecular weight excluding hydrogens is 904 g/mol. The van der Waals surface area contributed by atoms with Crippen LogP contribution in [0.4, 0.5) is 0 Å². The molecule has 0 aromatic carbocycles. The van der Waals surface area contributed by atoms with Gasteiger partial charge >= 0.3 is 13.8 Å². The van der Waals surface area contributed by atoms with Crippen LogP contribution in [0.15, 0.2) is 85.1 Å². The third kappa shape index (κ3) is 51.9. The number of carbonyl (C=O) groups excluding carboxylic acids is 2.